The van der Waals surface area contributed by atoms with Gasteiger partial charge in [-0.2, -0.15) is 12.6 Å². The van der Waals surface area contributed by atoms with Crippen LogP contribution in [0.5, 0.6) is 0 Å². The summed E-state index contributed by atoms with van der Waals surface area (Å²) in [6, 6.07) is 0. The number of unbranched alkanes of at least 4 members (excludes halogenated alkanes) is 3. The lowest BCUT2D eigenvalue weighted by Gasteiger charge is -2.06. The van der Waals surface area contributed by atoms with Crippen molar-refractivity contribution in [2.24, 2.45) is 0 Å². The monoisotopic (exact) mass is 190 g/mol. The fraction of sp³-hybridized carbons (Fsp3) is 0.889. The zero-order valence-electron chi connectivity index (χ0n) is 7.62. The molecule has 1 unspecified atom stereocenters. The molecule has 0 aliphatic heterocycles. The fourth-order valence-corrected chi connectivity index (χ4v) is 1.45. The summed E-state index contributed by atoms with van der Waals surface area (Å²) < 4.78 is 0. The standard InChI is InChI=1S/C9H18O2S/c1-2-3-4-5-6-8(12)7-9(10)11/h8,12H,2-7H2,1H3,(H,10,11). The van der Waals surface area contributed by atoms with E-state index in [1.165, 1.54) is 19.3 Å². The van der Waals surface area contributed by atoms with Crippen LogP contribution in [-0.2, 0) is 4.79 Å². The third-order valence-corrected chi connectivity index (χ3v) is 2.24. The summed E-state index contributed by atoms with van der Waals surface area (Å²) >= 11 is 4.19. The van der Waals surface area contributed by atoms with Crippen molar-refractivity contribution in [3.8, 4) is 0 Å². The van der Waals surface area contributed by atoms with Crippen molar-refractivity contribution >= 4 is 18.6 Å². The van der Waals surface area contributed by atoms with Crippen LogP contribution >= 0.6 is 12.6 Å². The summed E-state index contributed by atoms with van der Waals surface area (Å²) in [7, 11) is 0. The van der Waals surface area contributed by atoms with E-state index in [0.717, 1.165) is 12.8 Å². The lowest BCUT2D eigenvalue weighted by molar-refractivity contribution is -0.136. The molecule has 0 bridgehead atoms. The van der Waals surface area contributed by atoms with E-state index < -0.39 is 5.97 Å². The van der Waals surface area contributed by atoms with Gasteiger partial charge in [0.25, 0.3) is 0 Å². The SMILES string of the molecule is CCCCCCC(S)CC(=O)O. The molecule has 0 radical (unpaired) electrons. The Morgan fingerprint density at radius 2 is 2.08 bits per heavy atom. The molecule has 2 nitrogen and oxygen atoms in total. The van der Waals surface area contributed by atoms with Crippen molar-refractivity contribution in [2.45, 2.75) is 50.7 Å². The number of carboxylic acids is 1. The Labute approximate surface area is 79.8 Å². The maximum Gasteiger partial charge on any atom is 0.304 e. The molecule has 3 heteroatoms. The molecule has 1 atom stereocenters. The molecule has 0 heterocycles. The van der Waals surface area contributed by atoms with Gasteiger partial charge in [-0.1, -0.05) is 32.6 Å². The van der Waals surface area contributed by atoms with Gasteiger partial charge in [-0.05, 0) is 6.42 Å². The molecule has 0 saturated heterocycles. The Bertz CT molecular complexity index is 126. The molecule has 0 fully saturated rings. The number of hydrogen-bond donors (Lipinski definition) is 2. The molecular formula is C9H18O2S. The van der Waals surface area contributed by atoms with E-state index >= 15 is 0 Å². The van der Waals surface area contributed by atoms with Gasteiger partial charge in [0, 0.05) is 5.25 Å². The van der Waals surface area contributed by atoms with Gasteiger partial charge in [0.05, 0.1) is 6.42 Å². The predicted octanol–water partition coefficient (Wildman–Crippen LogP) is 2.73. The van der Waals surface area contributed by atoms with Crippen LogP contribution in [-0.4, -0.2) is 16.3 Å². The van der Waals surface area contributed by atoms with Crippen LogP contribution in [0.15, 0.2) is 0 Å². The zero-order valence-corrected chi connectivity index (χ0v) is 8.52. The van der Waals surface area contributed by atoms with Crippen molar-refractivity contribution in [1.82, 2.24) is 0 Å². The first-order valence-corrected chi connectivity index (χ1v) is 5.08. The van der Waals surface area contributed by atoms with Crippen molar-refractivity contribution in [3.05, 3.63) is 0 Å². The molecule has 0 aromatic carbocycles. The highest BCUT2D eigenvalue weighted by atomic mass is 32.1. The third kappa shape index (κ3) is 7.92. The second-order valence-corrected chi connectivity index (χ2v) is 3.83. The first kappa shape index (κ1) is 11.8. The highest BCUT2D eigenvalue weighted by molar-refractivity contribution is 7.81. The van der Waals surface area contributed by atoms with Crippen LogP contribution in [0.1, 0.15) is 45.4 Å². The number of carboxylic acid groups (broad SMARTS) is 1. The molecule has 72 valence electrons. The van der Waals surface area contributed by atoms with Gasteiger partial charge in [0.15, 0.2) is 0 Å². The number of thiol groups is 1. The lowest BCUT2D eigenvalue weighted by atomic mass is 10.1. The predicted molar refractivity (Wildman–Crippen MR) is 53.8 cm³/mol. The minimum Gasteiger partial charge on any atom is -0.481 e. The average Bonchev–Trinajstić information content (AvgIpc) is 1.97. The summed E-state index contributed by atoms with van der Waals surface area (Å²) in [5, 5.41) is 8.48. The Balaban J connectivity index is 3.19. The second kappa shape index (κ2) is 7.47. The van der Waals surface area contributed by atoms with E-state index in [1.807, 2.05) is 0 Å². The van der Waals surface area contributed by atoms with Gasteiger partial charge >= 0.3 is 5.97 Å². The van der Waals surface area contributed by atoms with E-state index in [4.69, 9.17) is 5.11 Å². The Morgan fingerprint density at radius 3 is 2.58 bits per heavy atom. The number of rotatable bonds is 7. The van der Waals surface area contributed by atoms with E-state index in [9.17, 15) is 4.79 Å². The molecule has 0 aromatic heterocycles. The van der Waals surface area contributed by atoms with Crippen LogP contribution in [0.25, 0.3) is 0 Å². The van der Waals surface area contributed by atoms with E-state index in [0.29, 0.717) is 0 Å². The van der Waals surface area contributed by atoms with Crippen molar-refractivity contribution < 1.29 is 9.90 Å². The number of hydrogen-bond acceptors (Lipinski definition) is 2. The van der Waals surface area contributed by atoms with E-state index in [2.05, 4.69) is 19.6 Å². The fourth-order valence-electron chi connectivity index (χ4n) is 1.11. The molecule has 12 heavy (non-hydrogen) atoms. The topological polar surface area (TPSA) is 37.3 Å². The third-order valence-electron chi connectivity index (χ3n) is 1.80. The summed E-state index contributed by atoms with van der Waals surface area (Å²) in [6.07, 6.45) is 5.89. The van der Waals surface area contributed by atoms with Crippen LogP contribution in [0.4, 0.5) is 0 Å². The van der Waals surface area contributed by atoms with Crippen molar-refractivity contribution in [3.63, 3.8) is 0 Å². The maximum atomic E-state index is 10.2. The van der Waals surface area contributed by atoms with Gasteiger partial charge in [-0.15, -0.1) is 0 Å². The highest BCUT2D eigenvalue weighted by Gasteiger charge is 2.07. The van der Waals surface area contributed by atoms with Crippen molar-refractivity contribution in [1.29, 1.82) is 0 Å². The molecule has 0 spiro atoms. The molecule has 1 N–H and O–H groups in total. The maximum absolute atomic E-state index is 10.2. The normalized spacial score (nSPS) is 12.8. The van der Waals surface area contributed by atoms with Crippen LogP contribution < -0.4 is 0 Å². The minimum atomic E-state index is -0.745. The average molecular weight is 190 g/mol. The molecular weight excluding hydrogens is 172 g/mol. The van der Waals surface area contributed by atoms with Crippen LogP contribution in [0.3, 0.4) is 0 Å². The summed E-state index contributed by atoms with van der Waals surface area (Å²) in [5.41, 5.74) is 0. The van der Waals surface area contributed by atoms with E-state index in [-0.39, 0.29) is 11.7 Å². The molecule has 0 aliphatic carbocycles. The van der Waals surface area contributed by atoms with Gasteiger partial charge in [-0.3, -0.25) is 4.79 Å². The Morgan fingerprint density at radius 1 is 1.42 bits per heavy atom. The minimum absolute atomic E-state index is 0.0411. The smallest absolute Gasteiger partial charge is 0.304 e. The van der Waals surface area contributed by atoms with Gasteiger partial charge in [0.2, 0.25) is 0 Å². The molecule has 0 rings (SSSR count). The van der Waals surface area contributed by atoms with Crippen LogP contribution in [0, 0.1) is 0 Å². The van der Waals surface area contributed by atoms with Gasteiger partial charge in [-0.25, -0.2) is 0 Å². The Hall–Kier alpha value is -0.180. The molecule has 0 aliphatic rings. The molecule has 0 amide bonds. The first-order valence-electron chi connectivity index (χ1n) is 4.56. The zero-order chi connectivity index (χ0) is 9.40. The quantitative estimate of drug-likeness (QED) is 0.478. The largest absolute Gasteiger partial charge is 0.481 e. The van der Waals surface area contributed by atoms with E-state index in [1.54, 1.807) is 0 Å². The van der Waals surface area contributed by atoms with Crippen LogP contribution in [0.2, 0.25) is 0 Å². The van der Waals surface area contributed by atoms with Crippen molar-refractivity contribution in [2.75, 3.05) is 0 Å². The van der Waals surface area contributed by atoms with Gasteiger partial charge in [0.1, 0.15) is 0 Å². The highest BCUT2D eigenvalue weighted by Crippen LogP contribution is 2.12. The summed E-state index contributed by atoms with van der Waals surface area (Å²) in [5.74, 6) is -0.745. The summed E-state index contributed by atoms with van der Waals surface area (Å²) in [4.78, 5) is 10.2. The number of carbonyl (C=O) groups is 1. The summed E-state index contributed by atoms with van der Waals surface area (Å²) in [6.45, 7) is 2.16. The first-order chi connectivity index (χ1) is 5.66. The molecule has 0 aromatic rings. The second-order valence-electron chi connectivity index (χ2n) is 3.10. The lowest BCUT2D eigenvalue weighted by Crippen LogP contribution is -2.06. The number of aliphatic carboxylic acids is 1. The van der Waals surface area contributed by atoms with Gasteiger partial charge < -0.3 is 5.11 Å². The Kier molecular flexibility index (Phi) is 7.36. The molecule has 0 saturated carbocycles.